The van der Waals surface area contributed by atoms with Crippen molar-refractivity contribution in [1.82, 2.24) is 14.9 Å². The van der Waals surface area contributed by atoms with E-state index in [1.807, 2.05) is 24.5 Å². The highest BCUT2D eigenvalue weighted by molar-refractivity contribution is 8.05. The molecule has 6 heteroatoms. The van der Waals surface area contributed by atoms with Crippen molar-refractivity contribution in [3.05, 3.63) is 89.2 Å². The molecular weight excluding hydrogens is 396 g/mol. The first-order valence-corrected chi connectivity index (χ1v) is 11.4. The minimum Gasteiger partial charge on any atom is -0.370 e. The third-order valence-corrected chi connectivity index (χ3v) is 7.25. The number of benzene rings is 1. The van der Waals surface area contributed by atoms with Crippen molar-refractivity contribution in [2.24, 2.45) is 0 Å². The maximum Gasteiger partial charge on any atom is 0.189 e. The SMILES string of the molecule is Cc1ccnc(Nc2ncc(SC3=CCN(C4CC4c4ccccc4)C=C3)s2)c1. The van der Waals surface area contributed by atoms with E-state index in [9.17, 15) is 0 Å². The van der Waals surface area contributed by atoms with Crippen molar-refractivity contribution >= 4 is 34.0 Å². The third kappa shape index (κ3) is 4.38. The predicted molar refractivity (Wildman–Crippen MR) is 122 cm³/mol. The van der Waals surface area contributed by atoms with Crippen LogP contribution in [0.25, 0.3) is 0 Å². The van der Waals surface area contributed by atoms with Gasteiger partial charge < -0.3 is 10.2 Å². The molecule has 4 nitrogen and oxygen atoms in total. The number of pyridine rings is 1. The normalized spacial score (nSPS) is 20.4. The van der Waals surface area contributed by atoms with Gasteiger partial charge >= 0.3 is 0 Å². The largest absolute Gasteiger partial charge is 0.370 e. The van der Waals surface area contributed by atoms with E-state index in [0.29, 0.717) is 12.0 Å². The molecule has 2 unspecified atom stereocenters. The zero-order valence-corrected chi connectivity index (χ0v) is 17.8. The summed E-state index contributed by atoms with van der Waals surface area (Å²) >= 11 is 3.43. The van der Waals surface area contributed by atoms with Gasteiger partial charge in [0.15, 0.2) is 5.13 Å². The minimum atomic E-state index is 0.637. The Morgan fingerprint density at radius 2 is 2.07 bits per heavy atom. The van der Waals surface area contributed by atoms with Crippen LogP contribution in [0.3, 0.4) is 0 Å². The second-order valence-corrected chi connectivity index (χ2v) is 9.77. The summed E-state index contributed by atoms with van der Waals surface area (Å²) in [5, 5.41) is 4.16. The molecule has 0 amide bonds. The molecule has 0 radical (unpaired) electrons. The van der Waals surface area contributed by atoms with Gasteiger partial charge in [0.1, 0.15) is 5.82 Å². The van der Waals surface area contributed by atoms with Crippen LogP contribution in [0.4, 0.5) is 10.9 Å². The fourth-order valence-electron chi connectivity index (χ4n) is 3.62. The van der Waals surface area contributed by atoms with Crippen molar-refractivity contribution in [3.8, 4) is 0 Å². The Morgan fingerprint density at radius 1 is 1.17 bits per heavy atom. The average Bonchev–Trinajstić information content (AvgIpc) is 3.43. The summed E-state index contributed by atoms with van der Waals surface area (Å²) in [5.74, 6) is 1.51. The Hall–Kier alpha value is -2.57. The van der Waals surface area contributed by atoms with Gasteiger partial charge in [-0.1, -0.05) is 59.5 Å². The van der Waals surface area contributed by atoms with Crippen LogP contribution in [0, 0.1) is 6.92 Å². The Bertz CT molecular complexity index is 1060. The van der Waals surface area contributed by atoms with Gasteiger partial charge in [-0.3, -0.25) is 0 Å². The lowest BCUT2D eigenvalue weighted by Gasteiger charge is -2.22. The molecule has 0 bridgehead atoms. The van der Waals surface area contributed by atoms with E-state index in [0.717, 1.165) is 17.5 Å². The minimum absolute atomic E-state index is 0.637. The Labute approximate surface area is 179 Å². The first-order chi connectivity index (χ1) is 14.2. The van der Waals surface area contributed by atoms with E-state index < -0.39 is 0 Å². The number of rotatable bonds is 6. The quantitative estimate of drug-likeness (QED) is 0.535. The first-order valence-electron chi connectivity index (χ1n) is 9.77. The molecule has 3 heterocycles. The van der Waals surface area contributed by atoms with Gasteiger partial charge in [-0.05, 0) is 42.7 Å². The molecule has 2 aromatic heterocycles. The standard InChI is InChI=1S/C23H22N4S2/c1-16-7-10-24-21(13-16)26-23-25-15-22(29-23)28-18-8-11-27(12-9-18)20-14-19(20)17-5-3-2-4-6-17/h2-11,13,15,19-20H,12,14H2,1H3,(H,24,25,26). The van der Waals surface area contributed by atoms with Crippen LogP contribution in [-0.4, -0.2) is 27.5 Å². The molecule has 1 aliphatic heterocycles. The van der Waals surface area contributed by atoms with E-state index in [1.165, 1.54) is 26.7 Å². The summed E-state index contributed by atoms with van der Waals surface area (Å²) in [6, 6.07) is 15.5. The highest BCUT2D eigenvalue weighted by atomic mass is 32.2. The molecule has 2 atom stereocenters. The Balaban J connectivity index is 1.16. The van der Waals surface area contributed by atoms with Crippen LogP contribution >= 0.6 is 23.1 Å². The van der Waals surface area contributed by atoms with E-state index in [4.69, 9.17) is 0 Å². The molecule has 5 rings (SSSR count). The lowest BCUT2D eigenvalue weighted by atomic mass is 10.1. The lowest BCUT2D eigenvalue weighted by Crippen LogP contribution is -2.23. The number of hydrogen-bond acceptors (Lipinski definition) is 6. The van der Waals surface area contributed by atoms with Gasteiger partial charge in [0.25, 0.3) is 0 Å². The highest BCUT2D eigenvalue weighted by Crippen LogP contribution is 2.46. The number of thioether (sulfide) groups is 1. The van der Waals surface area contributed by atoms with E-state index in [2.05, 4.69) is 75.8 Å². The van der Waals surface area contributed by atoms with Crippen molar-refractivity contribution in [2.45, 2.75) is 29.5 Å². The van der Waals surface area contributed by atoms with Crippen molar-refractivity contribution in [2.75, 3.05) is 11.9 Å². The molecular formula is C23H22N4S2. The van der Waals surface area contributed by atoms with E-state index in [1.54, 1.807) is 23.1 Å². The number of aromatic nitrogens is 2. The van der Waals surface area contributed by atoms with E-state index in [-0.39, 0.29) is 0 Å². The van der Waals surface area contributed by atoms with Crippen LogP contribution in [0.15, 0.2) is 82.3 Å². The summed E-state index contributed by atoms with van der Waals surface area (Å²) in [5.41, 5.74) is 2.64. The number of anilines is 2. The second kappa shape index (κ2) is 8.05. The van der Waals surface area contributed by atoms with Gasteiger partial charge in [-0.2, -0.15) is 0 Å². The highest BCUT2D eigenvalue weighted by Gasteiger charge is 2.41. The molecule has 146 valence electrons. The summed E-state index contributed by atoms with van der Waals surface area (Å²) in [6.07, 6.45) is 11.8. The molecule has 0 saturated heterocycles. The van der Waals surface area contributed by atoms with Gasteiger partial charge in [-0.15, -0.1) is 0 Å². The van der Waals surface area contributed by atoms with Gasteiger partial charge in [0.05, 0.1) is 10.4 Å². The number of hydrogen-bond donors (Lipinski definition) is 1. The second-order valence-electron chi connectivity index (χ2n) is 7.37. The lowest BCUT2D eigenvalue weighted by molar-refractivity contribution is 0.394. The molecule has 1 fully saturated rings. The van der Waals surface area contributed by atoms with Gasteiger partial charge in [-0.25, -0.2) is 9.97 Å². The van der Waals surface area contributed by atoms with Gasteiger partial charge in [0, 0.05) is 35.8 Å². The number of allylic oxidation sites excluding steroid dienone is 1. The topological polar surface area (TPSA) is 41.1 Å². The number of thiazole rings is 1. The smallest absolute Gasteiger partial charge is 0.189 e. The monoisotopic (exact) mass is 418 g/mol. The third-order valence-electron chi connectivity index (χ3n) is 5.20. The van der Waals surface area contributed by atoms with Gasteiger partial charge in [0.2, 0.25) is 0 Å². The molecule has 1 aliphatic carbocycles. The Kier molecular flexibility index (Phi) is 5.12. The molecule has 1 saturated carbocycles. The zero-order valence-electron chi connectivity index (χ0n) is 16.2. The summed E-state index contributed by atoms with van der Waals surface area (Å²) in [4.78, 5) is 12.6. The van der Waals surface area contributed by atoms with Crippen LogP contribution in [0.2, 0.25) is 0 Å². The summed E-state index contributed by atoms with van der Waals surface area (Å²) < 4.78 is 1.18. The van der Waals surface area contributed by atoms with Crippen molar-refractivity contribution < 1.29 is 0 Å². The van der Waals surface area contributed by atoms with Crippen LogP contribution in [0.5, 0.6) is 0 Å². The molecule has 3 aromatic rings. The maximum atomic E-state index is 4.49. The Morgan fingerprint density at radius 3 is 2.86 bits per heavy atom. The molecule has 0 spiro atoms. The van der Waals surface area contributed by atoms with Crippen LogP contribution in [-0.2, 0) is 0 Å². The number of nitrogens with one attached hydrogen (secondary N) is 1. The van der Waals surface area contributed by atoms with E-state index >= 15 is 0 Å². The molecule has 2 aliphatic rings. The van der Waals surface area contributed by atoms with Crippen molar-refractivity contribution in [3.63, 3.8) is 0 Å². The average molecular weight is 419 g/mol. The molecule has 1 aromatic carbocycles. The predicted octanol–water partition coefficient (Wildman–Crippen LogP) is 5.95. The van der Waals surface area contributed by atoms with Crippen LogP contribution < -0.4 is 5.32 Å². The molecule has 29 heavy (non-hydrogen) atoms. The zero-order chi connectivity index (χ0) is 19.6. The first kappa shape index (κ1) is 18.5. The fraction of sp³-hybridized carbons (Fsp3) is 0.217. The fourth-order valence-corrected chi connectivity index (χ4v) is 5.49. The van der Waals surface area contributed by atoms with Crippen molar-refractivity contribution in [1.29, 1.82) is 0 Å². The maximum absolute atomic E-state index is 4.49. The summed E-state index contributed by atoms with van der Waals surface area (Å²) in [6.45, 7) is 3.04. The summed E-state index contributed by atoms with van der Waals surface area (Å²) in [7, 11) is 0. The number of aryl methyl sites for hydroxylation is 1. The number of nitrogens with zero attached hydrogens (tertiary/aromatic N) is 3. The van der Waals surface area contributed by atoms with Crippen LogP contribution in [0.1, 0.15) is 23.5 Å². The molecule has 1 N–H and O–H groups in total.